The van der Waals surface area contributed by atoms with Crippen molar-refractivity contribution in [3.05, 3.63) is 67.8 Å². The lowest BCUT2D eigenvalue weighted by atomic mass is 10.0. The Morgan fingerprint density at radius 1 is 1.14 bits per heavy atom. The van der Waals surface area contributed by atoms with E-state index in [1.54, 1.807) is 23.4 Å². The number of amides is 1. The first kappa shape index (κ1) is 25.2. The van der Waals surface area contributed by atoms with Gasteiger partial charge in [0.25, 0.3) is 11.5 Å². The lowest BCUT2D eigenvalue weighted by Crippen LogP contribution is -2.48. The topological polar surface area (TPSA) is 72.6 Å². The molecule has 0 radical (unpaired) electrons. The van der Waals surface area contributed by atoms with E-state index in [0.717, 1.165) is 49.7 Å². The number of aromatic nitrogens is 1. The fraction of sp³-hybridized carbons (Fsp3) is 0.385. The predicted octanol–water partition coefficient (Wildman–Crippen LogP) is 3.15. The van der Waals surface area contributed by atoms with Gasteiger partial charge in [0.05, 0.1) is 4.91 Å². The van der Waals surface area contributed by atoms with Crippen molar-refractivity contribution in [1.29, 1.82) is 5.26 Å². The summed E-state index contributed by atoms with van der Waals surface area (Å²) in [5.41, 5.74) is 2.27. The average Bonchev–Trinajstić information content (AvgIpc) is 3.14. The van der Waals surface area contributed by atoms with Crippen molar-refractivity contribution in [2.45, 2.75) is 20.3 Å². The summed E-state index contributed by atoms with van der Waals surface area (Å²) in [6, 6.07) is 12.1. The minimum absolute atomic E-state index is 0.106. The Balaban J connectivity index is 1.69. The van der Waals surface area contributed by atoms with E-state index in [0.29, 0.717) is 27.8 Å². The Morgan fingerprint density at radius 2 is 1.83 bits per heavy atom. The molecule has 0 aliphatic carbocycles. The molecule has 2 saturated heterocycles. The molecule has 0 unspecified atom stereocenters. The first-order chi connectivity index (χ1) is 16.8. The molecule has 0 bridgehead atoms. The quantitative estimate of drug-likeness (QED) is 0.439. The first-order valence-corrected chi connectivity index (χ1v) is 13.0. The second kappa shape index (κ2) is 10.8. The molecular weight excluding hydrogens is 478 g/mol. The van der Waals surface area contributed by atoms with Crippen LogP contribution in [0.3, 0.4) is 0 Å². The third-order valence-corrected chi connectivity index (χ3v) is 8.08. The molecule has 35 heavy (non-hydrogen) atoms. The van der Waals surface area contributed by atoms with Gasteiger partial charge >= 0.3 is 0 Å². The van der Waals surface area contributed by atoms with Crippen LogP contribution in [0, 0.1) is 18.3 Å². The number of pyridine rings is 1. The van der Waals surface area contributed by atoms with Crippen molar-refractivity contribution in [2.75, 3.05) is 44.2 Å². The van der Waals surface area contributed by atoms with Crippen LogP contribution in [-0.2, 0) is 18.3 Å². The molecule has 4 rings (SSSR count). The number of likely N-dealkylation sites (N-methyl/N-ethyl adjacent to an activating group) is 1. The number of hydrogen-bond donors (Lipinski definition) is 0. The van der Waals surface area contributed by atoms with E-state index in [4.69, 9.17) is 12.2 Å². The third-order valence-electron chi connectivity index (χ3n) is 6.70. The number of benzene rings is 1. The summed E-state index contributed by atoms with van der Waals surface area (Å²) >= 11 is 6.82. The Labute approximate surface area is 215 Å². The molecule has 0 saturated carbocycles. The number of nitrogens with zero attached hydrogens (tertiary/aromatic N) is 5. The van der Waals surface area contributed by atoms with Crippen molar-refractivity contribution in [3.63, 3.8) is 0 Å². The number of nitriles is 1. The first-order valence-electron chi connectivity index (χ1n) is 11.8. The number of piperazine rings is 1. The Bertz CT molecular complexity index is 1270. The normalized spacial score (nSPS) is 17.9. The maximum atomic E-state index is 13.3. The minimum atomic E-state index is -0.314. The van der Waals surface area contributed by atoms with E-state index in [-0.39, 0.29) is 17.0 Å². The molecule has 0 spiro atoms. The van der Waals surface area contributed by atoms with Crippen LogP contribution >= 0.6 is 24.0 Å². The predicted molar refractivity (Wildman–Crippen MR) is 145 cm³/mol. The van der Waals surface area contributed by atoms with Gasteiger partial charge in [-0.15, -0.1) is 0 Å². The number of thioether (sulfide) groups is 1. The smallest absolute Gasteiger partial charge is 0.270 e. The lowest BCUT2D eigenvalue weighted by Gasteiger charge is -2.37. The van der Waals surface area contributed by atoms with Crippen LogP contribution in [0.25, 0.3) is 6.08 Å². The van der Waals surface area contributed by atoms with Gasteiger partial charge in [-0.3, -0.25) is 19.1 Å². The summed E-state index contributed by atoms with van der Waals surface area (Å²) in [4.78, 5) is 33.0. The average molecular weight is 508 g/mol. The largest absolute Gasteiger partial charge is 0.355 e. The van der Waals surface area contributed by atoms with Gasteiger partial charge in [0.15, 0.2) is 0 Å². The molecule has 7 nitrogen and oxygen atoms in total. The number of carbonyl (C=O) groups is 1. The Hall–Kier alpha value is -2.93. The van der Waals surface area contributed by atoms with Crippen LogP contribution in [-0.4, -0.2) is 63.9 Å². The van der Waals surface area contributed by atoms with Crippen LogP contribution in [0.5, 0.6) is 0 Å². The van der Waals surface area contributed by atoms with Crippen molar-refractivity contribution in [1.82, 2.24) is 14.4 Å². The van der Waals surface area contributed by atoms with Crippen molar-refractivity contribution < 1.29 is 4.79 Å². The van der Waals surface area contributed by atoms with Crippen molar-refractivity contribution >= 4 is 46.1 Å². The number of hydrogen-bond acceptors (Lipinski definition) is 7. The van der Waals surface area contributed by atoms with Crippen LogP contribution < -0.4 is 10.5 Å². The molecule has 9 heteroatoms. The SMILES string of the molecule is CCN1CCN(c2c(C=C3SC(=S)N(CCc4ccccc4)C3=O)c(C)c(C#N)c(=O)n2C)CC1. The highest BCUT2D eigenvalue weighted by atomic mass is 32.2. The van der Waals surface area contributed by atoms with Crippen LogP contribution in [0.2, 0.25) is 0 Å². The molecule has 3 heterocycles. The third kappa shape index (κ3) is 5.06. The zero-order valence-electron chi connectivity index (χ0n) is 20.3. The maximum Gasteiger partial charge on any atom is 0.270 e. The molecule has 0 atom stereocenters. The van der Waals surface area contributed by atoms with Crippen LogP contribution in [0.4, 0.5) is 5.82 Å². The standard InChI is InChI=1S/C26H29N5O2S2/c1-4-29-12-14-30(15-13-29)23-20(18(2)21(17-27)24(32)28(23)3)16-22-25(33)31(26(34)35-22)11-10-19-8-6-5-7-9-19/h5-9,16H,4,10-15H2,1-3H3. The van der Waals surface area contributed by atoms with Gasteiger partial charge in [0.1, 0.15) is 21.8 Å². The lowest BCUT2D eigenvalue weighted by molar-refractivity contribution is -0.122. The van der Waals surface area contributed by atoms with Crippen LogP contribution in [0.15, 0.2) is 40.0 Å². The molecule has 1 aromatic carbocycles. The van der Waals surface area contributed by atoms with Crippen molar-refractivity contribution in [3.8, 4) is 6.07 Å². The van der Waals surface area contributed by atoms with Gasteiger partial charge in [-0.25, -0.2) is 0 Å². The summed E-state index contributed by atoms with van der Waals surface area (Å²) < 4.78 is 2.08. The summed E-state index contributed by atoms with van der Waals surface area (Å²) in [6.07, 6.45) is 2.53. The monoisotopic (exact) mass is 507 g/mol. The Morgan fingerprint density at radius 3 is 2.46 bits per heavy atom. The summed E-state index contributed by atoms with van der Waals surface area (Å²) in [6.45, 7) is 8.74. The highest BCUT2D eigenvalue weighted by Gasteiger charge is 2.33. The van der Waals surface area contributed by atoms with E-state index >= 15 is 0 Å². The molecular formula is C26H29N5O2S2. The van der Waals surface area contributed by atoms with Crippen LogP contribution in [0.1, 0.15) is 29.2 Å². The zero-order valence-corrected chi connectivity index (χ0v) is 21.9. The fourth-order valence-corrected chi connectivity index (χ4v) is 5.87. The molecule has 2 aliphatic heterocycles. The molecule has 182 valence electrons. The van der Waals surface area contributed by atoms with E-state index < -0.39 is 0 Å². The highest BCUT2D eigenvalue weighted by Crippen LogP contribution is 2.36. The maximum absolute atomic E-state index is 13.3. The second-order valence-electron chi connectivity index (χ2n) is 8.70. The van der Waals surface area contributed by atoms with E-state index in [1.165, 1.54) is 11.8 Å². The summed E-state index contributed by atoms with van der Waals surface area (Å²) in [5, 5.41) is 9.69. The van der Waals surface area contributed by atoms with Gasteiger partial charge in [0.2, 0.25) is 0 Å². The number of rotatable bonds is 6. The highest BCUT2D eigenvalue weighted by molar-refractivity contribution is 8.26. The fourth-order valence-electron chi connectivity index (χ4n) is 4.58. The van der Waals surface area contributed by atoms with Gasteiger partial charge < -0.3 is 9.80 Å². The van der Waals surface area contributed by atoms with E-state index in [2.05, 4.69) is 22.8 Å². The zero-order chi connectivity index (χ0) is 25.1. The number of thiocarbonyl (C=S) groups is 1. The second-order valence-corrected chi connectivity index (χ2v) is 10.4. The van der Waals surface area contributed by atoms with E-state index in [9.17, 15) is 14.9 Å². The van der Waals surface area contributed by atoms with Gasteiger partial charge in [-0.2, -0.15) is 5.26 Å². The number of anilines is 1. The molecule has 0 N–H and O–H groups in total. The molecule has 2 aromatic rings. The molecule has 1 amide bonds. The molecule has 2 aliphatic rings. The molecule has 1 aromatic heterocycles. The van der Waals surface area contributed by atoms with Gasteiger partial charge in [0, 0.05) is 45.3 Å². The van der Waals surface area contributed by atoms with E-state index in [1.807, 2.05) is 36.4 Å². The summed E-state index contributed by atoms with van der Waals surface area (Å²) in [7, 11) is 1.70. The van der Waals surface area contributed by atoms with Crippen molar-refractivity contribution in [2.24, 2.45) is 7.05 Å². The minimum Gasteiger partial charge on any atom is -0.355 e. The van der Waals surface area contributed by atoms with Gasteiger partial charge in [-0.1, -0.05) is 61.2 Å². The molecule has 2 fully saturated rings. The van der Waals surface area contributed by atoms with Gasteiger partial charge in [-0.05, 0) is 37.1 Å². The Kier molecular flexibility index (Phi) is 7.75. The summed E-state index contributed by atoms with van der Waals surface area (Å²) in [5.74, 6) is 0.612. The number of carbonyl (C=O) groups excluding carboxylic acids is 1.